The average molecular weight is 297 g/mol. The molecule has 0 atom stereocenters. The van der Waals surface area contributed by atoms with Crippen LogP contribution in [-0.2, 0) is 16.4 Å². The Hall–Kier alpha value is -1.44. The first-order valence-corrected chi connectivity index (χ1v) is 8.09. The minimum Gasteiger partial charge on any atom is -0.398 e. The molecule has 7 heteroatoms. The molecule has 0 bridgehead atoms. The fourth-order valence-electron chi connectivity index (χ4n) is 1.66. The van der Waals surface area contributed by atoms with Gasteiger partial charge in [0.25, 0.3) is 0 Å². The quantitative estimate of drug-likeness (QED) is 0.820. The lowest BCUT2D eigenvalue weighted by Crippen LogP contribution is -2.26. The van der Waals surface area contributed by atoms with Crippen LogP contribution in [0.5, 0.6) is 0 Å². The summed E-state index contributed by atoms with van der Waals surface area (Å²) in [6, 6.07) is 4.90. The van der Waals surface area contributed by atoms with Gasteiger partial charge in [0.05, 0.1) is 10.7 Å². The molecule has 0 aliphatic carbocycles. The van der Waals surface area contributed by atoms with Gasteiger partial charge in [0, 0.05) is 24.5 Å². The van der Waals surface area contributed by atoms with E-state index in [0.717, 1.165) is 10.6 Å². The molecule has 19 heavy (non-hydrogen) atoms. The van der Waals surface area contributed by atoms with Gasteiger partial charge in [-0.25, -0.2) is 18.1 Å². The summed E-state index contributed by atoms with van der Waals surface area (Å²) < 4.78 is 26.7. The number of benzene rings is 1. The van der Waals surface area contributed by atoms with Gasteiger partial charge in [-0.3, -0.25) is 0 Å². The molecule has 1 aromatic heterocycles. The molecule has 5 nitrogen and oxygen atoms in total. The summed E-state index contributed by atoms with van der Waals surface area (Å²) in [6.07, 6.45) is 2.27. The highest BCUT2D eigenvalue weighted by molar-refractivity contribution is 7.89. The van der Waals surface area contributed by atoms with Crippen molar-refractivity contribution in [3.8, 4) is 0 Å². The van der Waals surface area contributed by atoms with Crippen molar-refractivity contribution in [2.45, 2.75) is 18.2 Å². The van der Waals surface area contributed by atoms with Gasteiger partial charge in [0.2, 0.25) is 10.0 Å². The lowest BCUT2D eigenvalue weighted by Gasteiger charge is -2.09. The van der Waals surface area contributed by atoms with Crippen LogP contribution in [0.4, 0.5) is 5.69 Å². The zero-order valence-corrected chi connectivity index (χ0v) is 12.1. The molecule has 0 unspecified atom stereocenters. The van der Waals surface area contributed by atoms with E-state index in [0.29, 0.717) is 13.0 Å². The fraction of sp³-hybridized carbons (Fsp3) is 0.250. The van der Waals surface area contributed by atoms with Crippen LogP contribution in [0.15, 0.2) is 34.7 Å². The zero-order valence-electron chi connectivity index (χ0n) is 10.5. The summed E-state index contributed by atoms with van der Waals surface area (Å²) in [6.45, 7) is 2.17. The van der Waals surface area contributed by atoms with Gasteiger partial charge >= 0.3 is 0 Å². The molecule has 1 aromatic carbocycles. The van der Waals surface area contributed by atoms with E-state index in [-0.39, 0.29) is 10.6 Å². The smallest absolute Gasteiger partial charge is 0.242 e. The van der Waals surface area contributed by atoms with E-state index in [1.165, 1.54) is 17.4 Å². The van der Waals surface area contributed by atoms with Crippen molar-refractivity contribution >= 4 is 27.0 Å². The lowest BCUT2D eigenvalue weighted by atomic mass is 10.2. The predicted molar refractivity (Wildman–Crippen MR) is 76.6 cm³/mol. The maximum atomic E-state index is 12.1. The van der Waals surface area contributed by atoms with E-state index in [2.05, 4.69) is 9.71 Å². The molecule has 0 radical (unpaired) electrons. The Morgan fingerprint density at radius 2 is 2.21 bits per heavy atom. The number of anilines is 1. The topological polar surface area (TPSA) is 85.1 Å². The number of nitrogen functional groups attached to an aromatic ring is 1. The fourth-order valence-corrected chi connectivity index (χ4v) is 3.42. The van der Waals surface area contributed by atoms with Gasteiger partial charge in [-0.15, -0.1) is 11.3 Å². The molecule has 0 aliphatic heterocycles. The molecular weight excluding hydrogens is 282 g/mol. The number of rotatable bonds is 5. The van der Waals surface area contributed by atoms with Crippen molar-refractivity contribution in [3.63, 3.8) is 0 Å². The molecule has 1 heterocycles. The monoisotopic (exact) mass is 297 g/mol. The van der Waals surface area contributed by atoms with E-state index in [1.54, 1.807) is 18.3 Å². The number of aryl methyl sites for hydroxylation is 1. The van der Waals surface area contributed by atoms with Gasteiger partial charge in [0.1, 0.15) is 4.90 Å². The van der Waals surface area contributed by atoms with Crippen molar-refractivity contribution < 1.29 is 8.42 Å². The Labute approximate surface area is 116 Å². The molecule has 2 aromatic rings. The third kappa shape index (κ3) is 3.52. The zero-order chi connectivity index (χ0) is 13.9. The maximum Gasteiger partial charge on any atom is 0.242 e. The van der Waals surface area contributed by atoms with Crippen molar-refractivity contribution in [2.24, 2.45) is 0 Å². The molecular formula is C12H15N3O2S2. The first kappa shape index (κ1) is 14.0. The lowest BCUT2D eigenvalue weighted by molar-refractivity contribution is 0.582. The van der Waals surface area contributed by atoms with Crippen LogP contribution in [0.2, 0.25) is 0 Å². The van der Waals surface area contributed by atoms with Crippen LogP contribution >= 0.6 is 11.3 Å². The van der Waals surface area contributed by atoms with Crippen LogP contribution in [0, 0.1) is 6.92 Å². The first-order chi connectivity index (χ1) is 8.99. The first-order valence-electron chi connectivity index (χ1n) is 5.73. The normalized spacial score (nSPS) is 11.6. The number of hydrogen-bond acceptors (Lipinski definition) is 5. The van der Waals surface area contributed by atoms with Gasteiger partial charge in [-0.2, -0.15) is 0 Å². The van der Waals surface area contributed by atoms with E-state index in [4.69, 9.17) is 5.73 Å². The van der Waals surface area contributed by atoms with Gasteiger partial charge < -0.3 is 5.73 Å². The summed E-state index contributed by atoms with van der Waals surface area (Å²) in [5.74, 6) is 0. The highest BCUT2D eigenvalue weighted by Gasteiger charge is 2.16. The van der Waals surface area contributed by atoms with Gasteiger partial charge in [-0.1, -0.05) is 6.07 Å². The Kier molecular flexibility index (Phi) is 4.18. The van der Waals surface area contributed by atoms with Crippen molar-refractivity contribution in [2.75, 3.05) is 12.3 Å². The number of sulfonamides is 1. The minimum absolute atomic E-state index is 0.122. The summed E-state index contributed by atoms with van der Waals surface area (Å²) in [7, 11) is -3.56. The molecule has 0 fully saturated rings. The number of hydrogen-bond donors (Lipinski definition) is 2. The van der Waals surface area contributed by atoms with Crippen molar-refractivity contribution in [1.29, 1.82) is 0 Å². The van der Waals surface area contributed by atoms with Crippen LogP contribution in [0.3, 0.4) is 0 Å². The maximum absolute atomic E-state index is 12.1. The SMILES string of the molecule is Cc1ccc(S(=O)(=O)NCCc2nccs2)c(N)c1. The van der Waals surface area contributed by atoms with Crippen molar-refractivity contribution in [3.05, 3.63) is 40.3 Å². The van der Waals surface area contributed by atoms with Crippen molar-refractivity contribution in [1.82, 2.24) is 9.71 Å². The summed E-state index contributed by atoms with van der Waals surface area (Å²) in [5.41, 5.74) is 6.94. The second-order valence-corrected chi connectivity index (χ2v) is 6.83. The van der Waals surface area contributed by atoms with Crippen LogP contribution < -0.4 is 10.5 Å². The highest BCUT2D eigenvalue weighted by atomic mass is 32.2. The minimum atomic E-state index is -3.56. The molecule has 3 N–H and O–H groups in total. The van der Waals surface area contributed by atoms with Gasteiger partial charge in [-0.05, 0) is 24.6 Å². The Bertz CT molecular complexity index is 652. The molecule has 0 spiro atoms. The van der Waals surface area contributed by atoms with E-state index in [1.807, 2.05) is 12.3 Å². The molecule has 102 valence electrons. The van der Waals surface area contributed by atoms with E-state index in [9.17, 15) is 8.42 Å². The summed E-state index contributed by atoms with van der Waals surface area (Å²) in [4.78, 5) is 4.22. The molecule has 2 rings (SSSR count). The number of aromatic nitrogens is 1. The number of nitrogens with one attached hydrogen (secondary N) is 1. The summed E-state index contributed by atoms with van der Waals surface area (Å²) in [5, 5.41) is 2.77. The van der Waals surface area contributed by atoms with E-state index < -0.39 is 10.0 Å². The van der Waals surface area contributed by atoms with Crippen LogP contribution in [0.1, 0.15) is 10.6 Å². The van der Waals surface area contributed by atoms with Crippen LogP contribution in [0.25, 0.3) is 0 Å². The number of nitrogens with zero attached hydrogens (tertiary/aromatic N) is 1. The Balaban J connectivity index is 2.05. The van der Waals surface area contributed by atoms with Gasteiger partial charge in [0.15, 0.2) is 0 Å². The summed E-state index contributed by atoms with van der Waals surface area (Å²) >= 11 is 1.50. The predicted octanol–water partition coefficient (Wildman–Crippen LogP) is 1.55. The molecule has 0 aliphatic rings. The van der Waals surface area contributed by atoms with Crippen LogP contribution in [-0.4, -0.2) is 19.9 Å². The largest absolute Gasteiger partial charge is 0.398 e. The molecule has 0 saturated carbocycles. The molecule has 0 saturated heterocycles. The Morgan fingerprint density at radius 3 is 2.84 bits per heavy atom. The third-order valence-corrected chi connectivity index (χ3v) is 4.94. The Morgan fingerprint density at radius 1 is 1.42 bits per heavy atom. The number of nitrogens with two attached hydrogens (primary N) is 1. The third-order valence-electron chi connectivity index (χ3n) is 2.57. The second kappa shape index (κ2) is 5.68. The highest BCUT2D eigenvalue weighted by Crippen LogP contribution is 2.19. The number of thiazole rings is 1. The molecule has 0 amide bonds. The second-order valence-electron chi connectivity index (χ2n) is 4.11. The average Bonchev–Trinajstić information content (AvgIpc) is 2.81. The standard InChI is InChI=1S/C12H15N3O2S2/c1-9-2-3-11(10(13)8-9)19(16,17)15-5-4-12-14-6-7-18-12/h2-3,6-8,15H,4-5,13H2,1H3. The van der Waals surface area contributed by atoms with E-state index >= 15 is 0 Å².